The highest BCUT2D eigenvalue weighted by Crippen LogP contribution is 2.20. The fourth-order valence-corrected chi connectivity index (χ4v) is 2.95. The van der Waals surface area contributed by atoms with Crippen molar-refractivity contribution in [3.05, 3.63) is 87.9 Å². The normalized spacial score (nSPS) is 10.6. The van der Waals surface area contributed by atoms with Crippen molar-refractivity contribution in [1.29, 1.82) is 0 Å². The van der Waals surface area contributed by atoms with E-state index in [0.717, 1.165) is 5.56 Å². The van der Waals surface area contributed by atoms with E-state index in [1.165, 1.54) is 6.21 Å². The number of ether oxygens (including phenoxy) is 1. The van der Waals surface area contributed by atoms with E-state index < -0.39 is 11.8 Å². The molecule has 3 aromatic carbocycles. The molecule has 10 heteroatoms. The highest BCUT2D eigenvalue weighted by molar-refractivity contribution is 6.40. The number of amides is 3. The van der Waals surface area contributed by atoms with Gasteiger partial charge in [-0.05, 0) is 66.6 Å². The summed E-state index contributed by atoms with van der Waals surface area (Å²) in [6, 6.07) is 18.3. The molecule has 0 unspecified atom stereocenters. The Labute approximate surface area is 205 Å². The molecule has 0 radical (unpaired) electrons. The number of anilines is 2. The molecule has 3 rings (SSSR count). The number of nitrogens with one attached hydrogen (secondary N) is 3. The maximum Gasteiger partial charge on any atom is 0.329 e. The van der Waals surface area contributed by atoms with Crippen LogP contribution in [0.25, 0.3) is 0 Å². The van der Waals surface area contributed by atoms with Gasteiger partial charge in [0.25, 0.3) is 5.91 Å². The van der Waals surface area contributed by atoms with Crippen molar-refractivity contribution in [3.63, 3.8) is 0 Å². The fourth-order valence-electron chi connectivity index (χ4n) is 2.64. The predicted molar refractivity (Wildman–Crippen MR) is 133 cm³/mol. The van der Waals surface area contributed by atoms with Crippen LogP contribution in [-0.4, -0.2) is 30.5 Å². The Kier molecular flexibility index (Phi) is 8.61. The molecule has 0 aromatic heterocycles. The lowest BCUT2D eigenvalue weighted by Crippen LogP contribution is -2.32. The Morgan fingerprint density at radius 3 is 2.38 bits per heavy atom. The van der Waals surface area contributed by atoms with Crippen LogP contribution in [0.3, 0.4) is 0 Å². The minimum atomic E-state index is -0.945. The van der Waals surface area contributed by atoms with Gasteiger partial charge in [0, 0.05) is 21.4 Å². The zero-order valence-electron chi connectivity index (χ0n) is 18.0. The van der Waals surface area contributed by atoms with Gasteiger partial charge in [0.05, 0.1) is 6.21 Å². The van der Waals surface area contributed by atoms with Crippen LogP contribution in [-0.2, 0) is 14.4 Å². The third-order valence-electron chi connectivity index (χ3n) is 4.37. The number of hydrogen-bond acceptors (Lipinski definition) is 5. The predicted octanol–water partition coefficient (Wildman–Crippen LogP) is 4.41. The van der Waals surface area contributed by atoms with Gasteiger partial charge in [-0.3, -0.25) is 14.4 Å². The first-order valence-corrected chi connectivity index (χ1v) is 10.7. The molecule has 0 bridgehead atoms. The smallest absolute Gasteiger partial charge is 0.329 e. The number of hydrogen-bond donors (Lipinski definition) is 3. The number of aryl methyl sites for hydroxylation is 1. The second-order valence-electron chi connectivity index (χ2n) is 7.03. The van der Waals surface area contributed by atoms with Crippen molar-refractivity contribution in [2.24, 2.45) is 5.10 Å². The number of rotatable bonds is 7. The minimum absolute atomic E-state index is 0.205. The van der Waals surface area contributed by atoms with Crippen LogP contribution in [0.15, 0.2) is 71.8 Å². The van der Waals surface area contributed by atoms with Gasteiger partial charge in [0.2, 0.25) is 0 Å². The molecule has 0 aliphatic carbocycles. The van der Waals surface area contributed by atoms with Crippen LogP contribution in [0.2, 0.25) is 10.0 Å². The summed E-state index contributed by atoms with van der Waals surface area (Å²) >= 11 is 11.8. The molecule has 0 saturated carbocycles. The first-order valence-electron chi connectivity index (χ1n) is 9.99. The standard InChI is InChI=1S/C24H20Cl2N4O4/c1-15-5-8-19(12-21(15)26)29-23(32)24(33)30-27-13-16-3-2-4-20(11-16)34-14-22(31)28-18-9-6-17(25)7-10-18/h2-13H,14H2,1H3,(H,28,31)(H,29,32)(H,30,33)/b27-13-. The van der Waals surface area contributed by atoms with Gasteiger partial charge in [0.15, 0.2) is 6.61 Å². The Hall–Kier alpha value is -3.88. The van der Waals surface area contributed by atoms with Gasteiger partial charge >= 0.3 is 11.8 Å². The van der Waals surface area contributed by atoms with Crippen LogP contribution in [0.4, 0.5) is 11.4 Å². The third kappa shape index (κ3) is 7.61. The molecule has 0 fully saturated rings. The first-order chi connectivity index (χ1) is 16.3. The second-order valence-corrected chi connectivity index (χ2v) is 7.88. The molecule has 0 aliphatic heterocycles. The quantitative estimate of drug-likeness (QED) is 0.254. The van der Waals surface area contributed by atoms with Crippen molar-refractivity contribution < 1.29 is 19.1 Å². The highest BCUT2D eigenvalue weighted by atomic mass is 35.5. The number of nitrogens with zero attached hydrogens (tertiary/aromatic N) is 1. The summed E-state index contributed by atoms with van der Waals surface area (Å²) in [5, 5.41) is 9.96. The molecule has 3 amide bonds. The van der Waals surface area contributed by atoms with Crippen molar-refractivity contribution >= 4 is 58.5 Å². The van der Waals surface area contributed by atoms with Crippen molar-refractivity contribution in [3.8, 4) is 5.75 Å². The van der Waals surface area contributed by atoms with Crippen LogP contribution in [0.5, 0.6) is 5.75 Å². The number of benzene rings is 3. The van der Waals surface area contributed by atoms with E-state index in [2.05, 4.69) is 21.2 Å². The monoisotopic (exact) mass is 498 g/mol. The zero-order chi connectivity index (χ0) is 24.5. The minimum Gasteiger partial charge on any atom is -0.484 e. The van der Waals surface area contributed by atoms with Gasteiger partial charge in [-0.15, -0.1) is 0 Å². The molecule has 0 heterocycles. The molecule has 3 aromatic rings. The lowest BCUT2D eigenvalue weighted by atomic mass is 10.2. The molecule has 0 spiro atoms. The van der Waals surface area contributed by atoms with Gasteiger partial charge in [-0.2, -0.15) is 5.10 Å². The number of hydrazone groups is 1. The topological polar surface area (TPSA) is 109 Å². The van der Waals surface area contributed by atoms with Crippen molar-refractivity contribution in [2.45, 2.75) is 6.92 Å². The highest BCUT2D eigenvalue weighted by Gasteiger charge is 2.13. The van der Waals surface area contributed by atoms with E-state index in [0.29, 0.717) is 32.7 Å². The molecule has 8 nitrogen and oxygen atoms in total. The van der Waals surface area contributed by atoms with Crippen molar-refractivity contribution in [1.82, 2.24) is 5.43 Å². The molecule has 3 N–H and O–H groups in total. The summed E-state index contributed by atoms with van der Waals surface area (Å²) in [6.45, 7) is 1.62. The maximum absolute atomic E-state index is 12.0. The number of carbonyl (C=O) groups is 3. The summed E-state index contributed by atoms with van der Waals surface area (Å²) in [6.07, 6.45) is 1.34. The molecular formula is C24H20Cl2N4O4. The van der Waals surface area contributed by atoms with Gasteiger partial charge in [0.1, 0.15) is 5.75 Å². The molecule has 174 valence electrons. The summed E-state index contributed by atoms with van der Waals surface area (Å²) in [4.78, 5) is 36.0. The van der Waals surface area contributed by atoms with Crippen molar-refractivity contribution in [2.75, 3.05) is 17.2 Å². The number of halogens is 2. The lowest BCUT2D eigenvalue weighted by molar-refractivity contribution is -0.136. The average molecular weight is 499 g/mol. The van der Waals surface area contributed by atoms with Crippen LogP contribution in [0.1, 0.15) is 11.1 Å². The molecule has 34 heavy (non-hydrogen) atoms. The molecule has 0 saturated heterocycles. The Balaban J connectivity index is 1.48. The lowest BCUT2D eigenvalue weighted by Gasteiger charge is -2.08. The molecule has 0 atom stereocenters. The molecular weight excluding hydrogens is 479 g/mol. The summed E-state index contributed by atoms with van der Waals surface area (Å²) < 4.78 is 5.49. The van der Waals surface area contributed by atoms with E-state index in [-0.39, 0.29) is 12.5 Å². The third-order valence-corrected chi connectivity index (χ3v) is 5.03. The summed E-state index contributed by atoms with van der Waals surface area (Å²) in [7, 11) is 0. The van der Waals surface area contributed by atoms with E-state index in [4.69, 9.17) is 27.9 Å². The fraction of sp³-hybridized carbons (Fsp3) is 0.0833. The summed E-state index contributed by atoms with van der Waals surface area (Å²) in [5.74, 6) is -1.75. The Morgan fingerprint density at radius 2 is 1.65 bits per heavy atom. The van der Waals surface area contributed by atoms with E-state index >= 15 is 0 Å². The van der Waals surface area contributed by atoms with Gasteiger partial charge in [-0.25, -0.2) is 5.43 Å². The largest absolute Gasteiger partial charge is 0.484 e. The van der Waals surface area contributed by atoms with Gasteiger partial charge in [-0.1, -0.05) is 41.4 Å². The van der Waals surface area contributed by atoms with Crippen LogP contribution >= 0.6 is 23.2 Å². The first kappa shape index (κ1) is 24.8. The average Bonchev–Trinajstić information content (AvgIpc) is 2.82. The Morgan fingerprint density at radius 1 is 0.912 bits per heavy atom. The number of carbonyl (C=O) groups excluding carboxylic acids is 3. The van der Waals surface area contributed by atoms with Gasteiger partial charge < -0.3 is 15.4 Å². The Bertz CT molecular complexity index is 1230. The molecule has 0 aliphatic rings. The SMILES string of the molecule is Cc1ccc(NC(=O)C(=O)N/N=C\c2cccc(OCC(=O)Nc3ccc(Cl)cc3)c2)cc1Cl. The van der Waals surface area contributed by atoms with E-state index in [1.807, 2.05) is 6.92 Å². The van der Waals surface area contributed by atoms with Crippen LogP contribution < -0.4 is 20.8 Å². The zero-order valence-corrected chi connectivity index (χ0v) is 19.5. The maximum atomic E-state index is 12.0. The summed E-state index contributed by atoms with van der Waals surface area (Å²) in [5.41, 5.74) is 4.58. The van der Waals surface area contributed by atoms with E-state index in [1.54, 1.807) is 66.7 Å². The second kappa shape index (κ2) is 11.8. The van der Waals surface area contributed by atoms with E-state index in [9.17, 15) is 14.4 Å². The van der Waals surface area contributed by atoms with Crippen LogP contribution in [0, 0.1) is 6.92 Å².